The molecule has 0 atom stereocenters. The third kappa shape index (κ3) is 4.25. The van der Waals surface area contributed by atoms with Gasteiger partial charge in [-0.25, -0.2) is 9.78 Å². The van der Waals surface area contributed by atoms with Gasteiger partial charge in [0.15, 0.2) is 11.6 Å². The number of carbonyl (C=O) groups is 2. The third-order valence-corrected chi connectivity index (χ3v) is 4.14. The first-order chi connectivity index (χ1) is 11.4. The average Bonchev–Trinajstić information content (AvgIpc) is 2.96. The number of amides is 3. The minimum atomic E-state index is -0.155. The van der Waals surface area contributed by atoms with Crippen LogP contribution in [0.15, 0.2) is 4.42 Å². The SMILES string of the molecule is COCCNC(=O)N1CCC(c2nc(C(=O)N(C)C)c(C)o2)CC1. The Morgan fingerprint density at radius 2 is 2.04 bits per heavy atom. The van der Waals surface area contributed by atoms with Crippen molar-refractivity contribution in [3.05, 3.63) is 17.3 Å². The molecule has 1 aliphatic rings. The lowest BCUT2D eigenvalue weighted by molar-refractivity contribution is 0.0821. The number of methoxy groups -OCH3 is 1. The normalized spacial score (nSPS) is 15.4. The van der Waals surface area contributed by atoms with Gasteiger partial charge in [-0.3, -0.25) is 4.79 Å². The van der Waals surface area contributed by atoms with Gasteiger partial charge in [-0.1, -0.05) is 0 Å². The standard InChI is InChI=1S/C16H26N4O4/c1-11-13(15(21)19(2)3)18-14(24-11)12-5-8-20(9-6-12)16(22)17-7-10-23-4/h12H,5-10H2,1-4H3,(H,17,22). The lowest BCUT2D eigenvalue weighted by Crippen LogP contribution is -2.45. The van der Waals surface area contributed by atoms with Crippen LogP contribution in [0.3, 0.4) is 0 Å². The first kappa shape index (κ1) is 18.3. The Labute approximate surface area is 142 Å². The lowest BCUT2D eigenvalue weighted by Gasteiger charge is -2.30. The Hall–Kier alpha value is -2.09. The van der Waals surface area contributed by atoms with E-state index in [0.717, 1.165) is 12.8 Å². The number of aromatic nitrogens is 1. The van der Waals surface area contributed by atoms with Crippen molar-refractivity contribution in [2.75, 3.05) is 47.4 Å². The number of ether oxygens (including phenoxy) is 1. The van der Waals surface area contributed by atoms with Gasteiger partial charge in [0.25, 0.3) is 5.91 Å². The zero-order valence-electron chi connectivity index (χ0n) is 14.8. The Kier molecular flexibility index (Phi) is 6.19. The van der Waals surface area contributed by atoms with Gasteiger partial charge in [-0.2, -0.15) is 0 Å². The molecule has 8 nitrogen and oxygen atoms in total. The van der Waals surface area contributed by atoms with Crippen molar-refractivity contribution in [2.45, 2.75) is 25.7 Å². The molecule has 0 bridgehead atoms. The molecule has 0 aliphatic carbocycles. The summed E-state index contributed by atoms with van der Waals surface area (Å²) in [5.41, 5.74) is 0.370. The van der Waals surface area contributed by atoms with E-state index in [0.29, 0.717) is 43.6 Å². The highest BCUT2D eigenvalue weighted by atomic mass is 16.5. The molecule has 1 aliphatic heterocycles. The number of rotatable bonds is 5. The fraction of sp³-hybridized carbons (Fsp3) is 0.688. The molecule has 3 amide bonds. The highest BCUT2D eigenvalue weighted by Gasteiger charge is 2.28. The first-order valence-corrected chi connectivity index (χ1v) is 8.14. The minimum Gasteiger partial charge on any atom is -0.445 e. The molecule has 134 valence electrons. The molecule has 1 fully saturated rings. The van der Waals surface area contributed by atoms with E-state index < -0.39 is 0 Å². The second kappa shape index (κ2) is 8.14. The molecule has 0 saturated carbocycles. The Morgan fingerprint density at radius 1 is 1.38 bits per heavy atom. The van der Waals surface area contributed by atoms with Crippen LogP contribution in [0, 0.1) is 6.92 Å². The van der Waals surface area contributed by atoms with Gasteiger partial charge in [0.2, 0.25) is 0 Å². The smallest absolute Gasteiger partial charge is 0.317 e. The van der Waals surface area contributed by atoms with Gasteiger partial charge in [0.05, 0.1) is 6.61 Å². The molecule has 1 aromatic rings. The molecule has 1 aromatic heterocycles. The molecular formula is C16H26N4O4. The number of hydrogen-bond acceptors (Lipinski definition) is 5. The summed E-state index contributed by atoms with van der Waals surface area (Å²) in [6, 6.07) is -0.0717. The van der Waals surface area contributed by atoms with E-state index in [9.17, 15) is 9.59 Å². The second-order valence-electron chi connectivity index (χ2n) is 6.14. The van der Waals surface area contributed by atoms with Crippen LogP contribution >= 0.6 is 0 Å². The van der Waals surface area contributed by atoms with E-state index in [1.807, 2.05) is 0 Å². The van der Waals surface area contributed by atoms with Gasteiger partial charge in [-0.15, -0.1) is 0 Å². The maximum atomic E-state index is 12.1. The summed E-state index contributed by atoms with van der Waals surface area (Å²) in [6.07, 6.45) is 1.54. The molecule has 0 radical (unpaired) electrons. The Balaban J connectivity index is 1.92. The summed E-state index contributed by atoms with van der Waals surface area (Å²) in [6.45, 7) is 4.04. The van der Waals surface area contributed by atoms with Gasteiger partial charge in [0.1, 0.15) is 5.76 Å². The number of nitrogens with one attached hydrogen (secondary N) is 1. The predicted octanol–water partition coefficient (Wildman–Crippen LogP) is 1.22. The number of aryl methyl sites for hydroxylation is 1. The average molecular weight is 338 g/mol. The highest BCUT2D eigenvalue weighted by Crippen LogP contribution is 2.29. The van der Waals surface area contributed by atoms with Gasteiger partial charge < -0.3 is 24.3 Å². The van der Waals surface area contributed by atoms with E-state index in [2.05, 4.69) is 10.3 Å². The van der Waals surface area contributed by atoms with Crippen LogP contribution in [0.25, 0.3) is 0 Å². The zero-order valence-corrected chi connectivity index (χ0v) is 14.8. The quantitative estimate of drug-likeness (QED) is 0.816. The van der Waals surface area contributed by atoms with Crippen LogP contribution in [-0.2, 0) is 4.74 Å². The number of nitrogens with zero attached hydrogens (tertiary/aromatic N) is 3. The topological polar surface area (TPSA) is 87.9 Å². The number of carbonyl (C=O) groups excluding carboxylic acids is 2. The molecule has 0 aromatic carbocycles. The second-order valence-corrected chi connectivity index (χ2v) is 6.14. The molecule has 2 heterocycles. The fourth-order valence-electron chi connectivity index (χ4n) is 2.70. The maximum absolute atomic E-state index is 12.1. The molecule has 2 rings (SSSR count). The minimum absolute atomic E-state index is 0.0717. The van der Waals surface area contributed by atoms with Gasteiger partial charge in [0, 0.05) is 46.8 Å². The van der Waals surface area contributed by atoms with Crippen LogP contribution in [-0.4, -0.2) is 74.2 Å². The van der Waals surface area contributed by atoms with Crippen molar-refractivity contribution >= 4 is 11.9 Å². The van der Waals surface area contributed by atoms with Gasteiger partial charge >= 0.3 is 6.03 Å². The summed E-state index contributed by atoms with van der Waals surface area (Å²) in [7, 11) is 4.99. The number of hydrogen-bond donors (Lipinski definition) is 1. The maximum Gasteiger partial charge on any atom is 0.317 e. The number of oxazole rings is 1. The summed E-state index contributed by atoms with van der Waals surface area (Å²) < 4.78 is 10.6. The molecule has 1 saturated heterocycles. The van der Waals surface area contributed by atoms with Crippen LogP contribution in [0.1, 0.15) is 40.9 Å². The predicted molar refractivity (Wildman–Crippen MR) is 88.1 cm³/mol. The van der Waals surface area contributed by atoms with E-state index in [-0.39, 0.29) is 17.9 Å². The van der Waals surface area contributed by atoms with Crippen LogP contribution in [0.5, 0.6) is 0 Å². The lowest BCUT2D eigenvalue weighted by atomic mass is 9.97. The van der Waals surface area contributed by atoms with E-state index in [4.69, 9.17) is 9.15 Å². The van der Waals surface area contributed by atoms with Crippen molar-refractivity contribution in [2.24, 2.45) is 0 Å². The third-order valence-electron chi connectivity index (χ3n) is 4.14. The zero-order chi connectivity index (χ0) is 17.7. The number of piperidine rings is 1. The van der Waals surface area contributed by atoms with Crippen molar-refractivity contribution in [1.82, 2.24) is 20.1 Å². The highest BCUT2D eigenvalue weighted by molar-refractivity contribution is 5.92. The Morgan fingerprint density at radius 3 is 2.62 bits per heavy atom. The molecule has 0 spiro atoms. The fourth-order valence-corrected chi connectivity index (χ4v) is 2.70. The van der Waals surface area contributed by atoms with E-state index in [1.54, 1.807) is 33.0 Å². The van der Waals surface area contributed by atoms with E-state index in [1.165, 1.54) is 4.90 Å². The van der Waals surface area contributed by atoms with Crippen LogP contribution in [0.4, 0.5) is 4.79 Å². The number of urea groups is 1. The molecule has 24 heavy (non-hydrogen) atoms. The van der Waals surface area contributed by atoms with Crippen molar-refractivity contribution < 1.29 is 18.7 Å². The molecule has 0 unspecified atom stereocenters. The van der Waals surface area contributed by atoms with E-state index >= 15 is 0 Å². The van der Waals surface area contributed by atoms with Crippen molar-refractivity contribution in [3.63, 3.8) is 0 Å². The summed E-state index contributed by atoms with van der Waals surface area (Å²) in [5.74, 6) is 1.12. The van der Waals surface area contributed by atoms with Crippen LogP contribution in [0.2, 0.25) is 0 Å². The molecule has 8 heteroatoms. The summed E-state index contributed by atoms with van der Waals surface area (Å²) >= 11 is 0. The van der Waals surface area contributed by atoms with Crippen molar-refractivity contribution in [3.8, 4) is 0 Å². The summed E-state index contributed by atoms with van der Waals surface area (Å²) in [4.78, 5) is 31.7. The first-order valence-electron chi connectivity index (χ1n) is 8.14. The monoisotopic (exact) mass is 338 g/mol. The number of likely N-dealkylation sites (tertiary alicyclic amines) is 1. The Bertz CT molecular complexity index is 577. The summed E-state index contributed by atoms with van der Waals surface area (Å²) in [5, 5.41) is 2.82. The molecular weight excluding hydrogens is 312 g/mol. The largest absolute Gasteiger partial charge is 0.445 e. The van der Waals surface area contributed by atoms with Crippen molar-refractivity contribution in [1.29, 1.82) is 0 Å². The van der Waals surface area contributed by atoms with Crippen LogP contribution < -0.4 is 5.32 Å². The molecule has 1 N–H and O–H groups in total. The van der Waals surface area contributed by atoms with Gasteiger partial charge in [-0.05, 0) is 19.8 Å².